The van der Waals surface area contributed by atoms with Gasteiger partial charge in [-0.25, -0.2) is 0 Å². The highest BCUT2D eigenvalue weighted by Crippen LogP contribution is 2.18. The zero-order valence-electron chi connectivity index (χ0n) is 13.7. The lowest BCUT2D eigenvalue weighted by Crippen LogP contribution is -2.49. The molecule has 0 aliphatic carbocycles. The van der Waals surface area contributed by atoms with Gasteiger partial charge in [0.25, 0.3) is 10.2 Å². The van der Waals surface area contributed by atoms with E-state index < -0.39 is 10.2 Å². The lowest BCUT2D eigenvalue weighted by Gasteiger charge is -2.34. The molecule has 21 heavy (non-hydrogen) atoms. The van der Waals surface area contributed by atoms with E-state index in [4.69, 9.17) is 4.74 Å². The number of hydrogen-bond donors (Lipinski definition) is 1. The topological polar surface area (TPSA) is 61.9 Å². The fraction of sp³-hybridized carbons (Fsp3) is 1.00. The summed E-state index contributed by atoms with van der Waals surface area (Å²) in [6, 6.07) is 0. The van der Waals surface area contributed by atoms with Crippen molar-refractivity contribution in [2.24, 2.45) is 0 Å². The van der Waals surface area contributed by atoms with Crippen molar-refractivity contribution in [1.82, 2.24) is 13.9 Å². The van der Waals surface area contributed by atoms with Gasteiger partial charge in [0.1, 0.15) is 0 Å². The maximum atomic E-state index is 12.5. The first-order chi connectivity index (χ1) is 10.0. The third-order valence-electron chi connectivity index (χ3n) is 3.70. The minimum absolute atomic E-state index is 0.0450. The number of ether oxygens (including phenoxy) is 1. The van der Waals surface area contributed by atoms with Gasteiger partial charge in [0.2, 0.25) is 0 Å². The molecule has 1 aliphatic heterocycles. The van der Waals surface area contributed by atoms with Crippen molar-refractivity contribution in [2.75, 3.05) is 46.4 Å². The van der Waals surface area contributed by atoms with Crippen LogP contribution in [0.3, 0.4) is 0 Å². The van der Waals surface area contributed by atoms with Gasteiger partial charge in [-0.1, -0.05) is 13.8 Å². The molecule has 0 aromatic heterocycles. The lowest BCUT2D eigenvalue weighted by atomic mass is 10.1. The average Bonchev–Trinajstić information content (AvgIpc) is 2.49. The van der Waals surface area contributed by atoms with Crippen LogP contribution < -0.4 is 5.32 Å². The van der Waals surface area contributed by atoms with E-state index >= 15 is 0 Å². The first-order valence-corrected chi connectivity index (χ1v) is 9.45. The molecule has 7 heteroatoms. The van der Waals surface area contributed by atoms with Gasteiger partial charge < -0.3 is 10.1 Å². The summed E-state index contributed by atoms with van der Waals surface area (Å²) < 4.78 is 33.8. The van der Waals surface area contributed by atoms with Gasteiger partial charge in [0.05, 0.1) is 6.10 Å². The molecule has 0 radical (unpaired) electrons. The maximum Gasteiger partial charge on any atom is 0.281 e. The molecule has 0 aromatic rings. The van der Waals surface area contributed by atoms with Gasteiger partial charge in [-0.2, -0.15) is 17.0 Å². The Morgan fingerprint density at radius 3 is 2.81 bits per heavy atom. The van der Waals surface area contributed by atoms with E-state index in [1.165, 1.54) is 4.31 Å². The first-order valence-electron chi connectivity index (χ1n) is 8.06. The van der Waals surface area contributed by atoms with E-state index in [-0.39, 0.29) is 6.10 Å². The fourth-order valence-electron chi connectivity index (χ4n) is 2.45. The van der Waals surface area contributed by atoms with Crippen molar-refractivity contribution >= 4 is 10.2 Å². The normalized spacial score (nSPS) is 21.0. The van der Waals surface area contributed by atoms with Crippen LogP contribution in [-0.4, -0.2) is 69.5 Å². The summed E-state index contributed by atoms with van der Waals surface area (Å²) in [6.07, 6.45) is 3.67. The number of piperidine rings is 1. The molecule has 1 N–H and O–H groups in total. The number of nitrogens with zero attached hydrogens (tertiary/aromatic N) is 2. The van der Waals surface area contributed by atoms with Crippen LogP contribution in [0.4, 0.5) is 0 Å². The molecular weight excluding hydrogens is 290 g/mol. The summed E-state index contributed by atoms with van der Waals surface area (Å²) in [5.41, 5.74) is 0. The summed E-state index contributed by atoms with van der Waals surface area (Å²) in [6.45, 7) is 8.22. The highest BCUT2D eigenvalue weighted by atomic mass is 32.2. The summed E-state index contributed by atoms with van der Waals surface area (Å²) in [7, 11) is -1.68. The zero-order valence-corrected chi connectivity index (χ0v) is 14.5. The van der Waals surface area contributed by atoms with Crippen LogP contribution in [0, 0.1) is 0 Å². The van der Waals surface area contributed by atoms with E-state index in [2.05, 4.69) is 12.2 Å². The summed E-state index contributed by atoms with van der Waals surface area (Å²) in [5, 5.41) is 3.21. The van der Waals surface area contributed by atoms with Crippen LogP contribution in [0.25, 0.3) is 0 Å². The maximum absolute atomic E-state index is 12.5. The highest BCUT2D eigenvalue weighted by Gasteiger charge is 2.31. The predicted octanol–water partition coefficient (Wildman–Crippen LogP) is 1.05. The Labute approximate surface area is 130 Å². The van der Waals surface area contributed by atoms with Gasteiger partial charge >= 0.3 is 0 Å². The van der Waals surface area contributed by atoms with Crippen molar-refractivity contribution in [3.05, 3.63) is 0 Å². The van der Waals surface area contributed by atoms with Crippen LogP contribution in [0.15, 0.2) is 0 Å². The molecule has 0 amide bonds. The summed E-state index contributed by atoms with van der Waals surface area (Å²) in [5.74, 6) is 0. The largest absolute Gasteiger partial charge is 0.377 e. The molecular formula is C14H31N3O3S. The molecule has 0 aromatic carbocycles. The van der Waals surface area contributed by atoms with E-state index in [1.807, 2.05) is 6.92 Å². The van der Waals surface area contributed by atoms with Crippen molar-refractivity contribution in [2.45, 2.75) is 45.6 Å². The Kier molecular flexibility index (Phi) is 8.73. The number of rotatable bonds is 10. The SMILES string of the molecule is CCCOC1CCCN(S(=O)(=O)N(C)CCCNCC)C1. The molecule has 0 bridgehead atoms. The standard InChI is InChI=1S/C14H31N3O3S/c1-4-12-20-14-8-6-11-17(13-14)21(18,19)16(3)10-7-9-15-5-2/h14-15H,4-13H2,1-3H3. The first kappa shape index (κ1) is 18.8. The summed E-state index contributed by atoms with van der Waals surface area (Å²) >= 11 is 0. The van der Waals surface area contributed by atoms with E-state index in [0.717, 1.165) is 38.8 Å². The molecule has 6 nitrogen and oxygen atoms in total. The number of hydrogen-bond acceptors (Lipinski definition) is 4. The zero-order chi connectivity index (χ0) is 15.7. The Bertz CT molecular complexity index is 376. The Hall–Kier alpha value is -0.210. The average molecular weight is 321 g/mol. The van der Waals surface area contributed by atoms with Crippen LogP contribution in [-0.2, 0) is 14.9 Å². The molecule has 1 atom stereocenters. The van der Waals surface area contributed by atoms with Crippen molar-refractivity contribution in [1.29, 1.82) is 0 Å². The molecule has 0 spiro atoms. The van der Waals surface area contributed by atoms with Crippen LogP contribution in [0.1, 0.15) is 39.5 Å². The highest BCUT2D eigenvalue weighted by molar-refractivity contribution is 7.86. The third-order valence-corrected chi connectivity index (χ3v) is 5.65. The molecule has 1 fully saturated rings. The van der Waals surface area contributed by atoms with Crippen molar-refractivity contribution in [3.8, 4) is 0 Å². The van der Waals surface area contributed by atoms with Gasteiger partial charge in [-0.05, 0) is 38.8 Å². The van der Waals surface area contributed by atoms with E-state index in [9.17, 15) is 8.42 Å². The molecule has 126 valence electrons. The second-order valence-electron chi connectivity index (χ2n) is 5.53. The van der Waals surface area contributed by atoms with Gasteiger partial charge in [0.15, 0.2) is 0 Å². The molecule has 1 rings (SSSR count). The van der Waals surface area contributed by atoms with E-state index in [1.54, 1.807) is 11.4 Å². The lowest BCUT2D eigenvalue weighted by molar-refractivity contribution is 0.0182. The quantitative estimate of drug-likeness (QED) is 0.611. The molecule has 1 heterocycles. The minimum atomic E-state index is -3.35. The van der Waals surface area contributed by atoms with Crippen LogP contribution >= 0.6 is 0 Å². The molecule has 1 aliphatic rings. The Morgan fingerprint density at radius 2 is 2.14 bits per heavy atom. The van der Waals surface area contributed by atoms with Crippen molar-refractivity contribution in [3.63, 3.8) is 0 Å². The predicted molar refractivity (Wildman–Crippen MR) is 85.5 cm³/mol. The van der Waals surface area contributed by atoms with Crippen LogP contribution in [0.5, 0.6) is 0 Å². The fourth-order valence-corrected chi connectivity index (χ4v) is 3.92. The smallest absolute Gasteiger partial charge is 0.281 e. The van der Waals surface area contributed by atoms with Gasteiger partial charge in [-0.3, -0.25) is 0 Å². The Morgan fingerprint density at radius 1 is 1.38 bits per heavy atom. The monoisotopic (exact) mass is 321 g/mol. The van der Waals surface area contributed by atoms with Crippen LogP contribution in [0.2, 0.25) is 0 Å². The third kappa shape index (κ3) is 6.20. The molecule has 1 unspecified atom stereocenters. The van der Waals surface area contributed by atoms with Crippen molar-refractivity contribution < 1.29 is 13.2 Å². The van der Waals surface area contributed by atoms with E-state index in [0.29, 0.717) is 26.2 Å². The van der Waals surface area contributed by atoms with Gasteiger partial charge in [-0.15, -0.1) is 0 Å². The number of nitrogens with one attached hydrogen (secondary N) is 1. The minimum Gasteiger partial charge on any atom is -0.377 e. The van der Waals surface area contributed by atoms with Gasteiger partial charge in [0, 0.05) is 33.3 Å². The second kappa shape index (κ2) is 9.74. The summed E-state index contributed by atoms with van der Waals surface area (Å²) in [4.78, 5) is 0. The second-order valence-corrected chi connectivity index (χ2v) is 7.56. The Balaban J connectivity index is 2.47. The molecule has 1 saturated heterocycles. The molecule has 0 saturated carbocycles.